The fourth-order valence-electron chi connectivity index (χ4n) is 5.08. The number of hydroxylamine groups is 2. The minimum absolute atomic E-state index is 0.0187. The fourth-order valence-corrected chi connectivity index (χ4v) is 5.08. The molecule has 1 aromatic carbocycles. The van der Waals surface area contributed by atoms with Gasteiger partial charge in [-0.2, -0.15) is 5.06 Å². The Kier molecular flexibility index (Phi) is 9.57. The first-order chi connectivity index (χ1) is 14.7. The first-order valence-electron chi connectivity index (χ1n) is 12.5. The van der Waals surface area contributed by atoms with Gasteiger partial charge >= 0.3 is 0 Å². The van der Waals surface area contributed by atoms with Crippen LogP contribution >= 0.6 is 0 Å². The van der Waals surface area contributed by atoms with Gasteiger partial charge in [0.1, 0.15) is 6.10 Å². The van der Waals surface area contributed by atoms with E-state index in [4.69, 9.17) is 4.84 Å². The summed E-state index contributed by atoms with van der Waals surface area (Å²) in [6.07, 6.45) is 8.00. The van der Waals surface area contributed by atoms with Gasteiger partial charge in [0.25, 0.3) is 0 Å². The molecule has 176 valence electrons. The van der Waals surface area contributed by atoms with Crippen LogP contribution in [0.4, 0.5) is 0 Å². The van der Waals surface area contributed by atoms with Gasteiger partial charge in [-0.15, -0.1) is 0 Å². The summed E-state index contributed by atoms with van der Waals surface area (Å²) in [5.41, 5.74) is 0.890. The van der Waals surface area contributed by atoms with Gasteiger partial charge in [0.15, 0.2) is 0 Å². The summed E-state index contributed by atoms with van der Waals surface area (Å²) < 4.78 is 0. The third kappa shape index (κ3) is 6.10. The molecular weight excluding hydrogens is 384 g/mol. The number of piperidine rings is 1. The summed E-state index contributed by atoms with van der Waals surface area (Å²) in [6, 6.07) is 10.6. The van der Waals surface area contributed by atoms with Crippen LogP contribution in [0.15, 0.2) is 30.3 Å². The van der Waals surface area contributed by atoms with Gasteiger partial charge in [0.2, 0.25) is 5.91 Å². The van der Waals surface area contributed by atoms with Crippen molar-refractivity contribution in [2.75, 3.05) is 0 Å². The smallest absolute Gasteiger partial charge is 0.220 e. The van der Waals surface area contributed by atoms with E-state index in [-0.39, 0.29) is 29.1 Å². The van der Waals surface area contributed by atoms with Gasteiger partial charge in [-0.1, -0.05) is 77.3 Å². The molecule has 0 saturated carbocycles. The Bertz CT molecular complexity index is 679. The van der Waals surface area contributed by atoms with E-state index < -0.39 is 0 Å². The van der Waals surface area contributed by atoms with Gasteiger partial charge in [0, 0.05) is 23.5 Å². The lowest BCUT2D eigenvalue weighted by molar-refractivity contribution is -0.327. The van der Waals surface area contributed by atoms with Crippen LogP contribution in [-0.2, 0) is 9.63 Å². The molecule has 1 saturated heterocycles. The summed E-state index contributed by atoms with van der Waals surface area (Å²) in [5, 5.41) is 5.71. The number of benzene rings is 1. The Balaban J connectivity index is 2.18. The van der Waals surface area contributed by atoms with Gasteiger partial charge < -0.3 is 5.32 Å². The van der Waals surface area contributed by atoms with E-state index in [2.05, 4.69) is 83.1 Å². The van der Waals surface area contributed by atoms with E-state index in [1.165, 1.54) is 18.4 Å². The zero-order chi connectivity index (χ0) is 23.1. The van der Waals surface area contributed by atoms with Crippen molar-refractivity contribution in [2.24, 2.45) is 5.92 Å². The molecule has 0 aromatic heterocycles. The number of hydrogen-bond donors (Lipinski definition) is 1. The van der Waals surface area contributed by atoms with Crippen molar-refractivity contribution in [3.05, 3.63) is 35.9 Å². The summed E-state index contributed by atoms with van der Waals surface area (Å²) in [4.78, 5) is 19.4. The predicted molar refractivity (Wildman–Crippen MR) is 130 cm³/mol. The molecule has 1 amide bonds. The number of carbonyl (C=O) groups is 1. The van der Waals surface area contributed by atoms with Crippen molar-refractivity contribution in [1.82, 2.24) is 10.4 Å². The van der Waals surface area contributed by atoms with E-state index in [0.717, 1.165) is 32.1 Å². The van der Waals surface area contributed by atoms with Crippen molar-refractivity contribution in [1.29, 1.82) is 0 Å². The zero-order valence-corrected chi connectivity index (χ0v) is 21.0. The molecule has 0 spiro atoms. The summed E-state index contributed by atoms with van der Waals surface area (Å²) in [7, 11) is 0. The van der Waals surface area contributed by atoms with Crippen LogP contribution in [0.5, 0.6) is 0 Å². The number of rotatable bonds is 11. The molecule has 4 heteroatoms. The monoisotopic (exact) mass is 430 g/mol. The van der Waals surface area contributed by atoms with Crippen LogP contribution in [0.3, 0.4) is 0 Å². The van der Waals surface area contributed by atoms with Crippen molar-refractivity contribution in [2.45, 2.75) is 123 Å². The van der Waals surface area contributed by atoms with Crippen molar-refractivity contribution in [3.63, 3.8) is 0 Å². The Morgan fingerprint density at radius 2 is 1.81 bits per heavy atom. The Morgan fingerprint density at radius 3 is 2.39 bits per heavy atom. The van der Waals surface area contributed by atoms with Crippen LogP contribution in [0, 0.1) is 5.92 Å². The first-order valence-corrected chi connectivity index (χ1v) is 12.5. The molecule has 0 unspecified atom stereocenters. The van der Waals surface area contributed by atoms with Crippen LogP contribution in [0.25, 0.3) is 0 Å². The molecule has 2 rings (SSSR count). The quantitative estimate of drug-likeness (QED) is 0.392. The molecule has 1 heterocycles. The zero-order valence-electron chi connectivity index (χ0n) is 21.0. The topological polar surface area (TPSA) is 41.6 Å². The third-order valence-corrected chi connectivity index (χ3v) is 7.81. The highest BCUT2D eigenvalue weighted by atomic mass is 16.7. The number of amides is 1. The number of unbranched alkanes of at least 4 members (excludes halogenated alkanes) is 3. The van der Waals surface area contributed by atoms with Gasteiger partial charge in [-0.25, -0.2) is 0 Å². The summed E-state index contributed by atoms with van der Waals surface area (Å²) >= 11 is 0. The molecule has 31 heavy (non-hydrogen) atoms. The molecule has 5 atom stereocenters. The maximum atomic E-state index is 12.7. The summed E-state index contributed by atoms with van der Waals surface area (Å²) in [6.45, 7) is 15.7. The van der Waals surface area contributed by atoms with Gasteiger partial charge in [0.05, 0.1) is 0 Å². The number of carbonyl (C=O) groups excluding carboxylic acids is 1. The highest BCUT2D eigenvalue weighted by molar-refractivity contribution is 5.76. The lowest BCUT2D eigenvalue weighted by atomic mass is 9.68. The molecular formula is C27H46N2O2. The number of nitrogens with one attached hydrogen (secondary N) is 1. The molecule has 1 N–H and O–H groups in total. The normalized spacial score (nSPS) is 30.2. The molecule has 1 aliphatic rings. The third-order valence-electron chi connectivity index (χ3n) is 7.81. The minimum Gasteiger partial charge on any atom is -0.353 e. The second kappa shape index (κ2) is 11.5. The average molecular weight is 431 g/mol. The highest BCUT2D eigenvalue weighted by Gasteiger charge is 2.54. The second-order valence-corrected chi connectivity index (χ2v) is 9.99. The fraction of sp³-hybridized carbons (Fsp3) is 0.741. The first kappa shape index (κ1) is 25.9. The van der Waals surface area contributed by atoms with E-state index in [1.807, 2.05) is 6.07 Å². The molecule has 1 fully saturated rings. The van der Waals surface area contributed by atoms with E-state index in [9.17, 15) is 4.79 Å². The van der Waals surface area contributed by atoms with Crippen LogP contribution in [-0.4, -0.2) is 28.1 Å². The lowest BCUT2D eigenvalue weighted by Gasteiger charge is -2.60. The molecule has 0 bridgehead atoms. The van der Waals surface area contributed by atoms with E-state index in [1.54, 1.807) is 0 Å². The standard InChI is InChI=1S/C27H46N2O2/c1-8-11-12-16-19-25(30)28-24-20-26(6,9-2)29(27(7,10-3)21(24)4)31-22(5)23-17-14-13-15-18-23/h13-15,17-18,21-22,24H,8-12,16,19-20H2,1-7H3,(H,28,30)/t21-,22+,24+,26-,27-/m0/s1. The highest BCUT2D eigenvalue weighted by Crippen LogP contribution is 2.47. The Hall–Kier alpha value is -1.39. The van der Waals surface area contributed by atoms with Crippen molar-refractivity contribution < 1.29 is 9.63 Å². The largest absolute Gasteiger partial charge is 0.353 e. The number of nitrogens with zero attached hydrogens (tertiary/aromatic N) is 1. The molecule has 1 aliphatic heterocycles. The van der Waals surface area contributed by atoms with Crippen molar-refractivity contribution >= 4 is 5.91 Å². The van der Waals surface area contributed by atoms with E-state index in [0.29, 0.717) is 12.3 Å². The predicted octanol–water partition coefficient (Wildman–Crippen LogP) is 6.81. The van der Waals surface area contributed by atoms with Crippen molar-refractivity contribution in [3.8, 4) is 0 Å². The van der Waals surface area contributed by atoms with Crippen LogP contribution in [0.1, 0.15) is 112 Å². The number of hydrogen-bond acceptors (Lipinski definition) is 3. The van der Waals surface area contributed by atoms with E-state index >= 15 is 0 Å². The average Bonchev–Trinajstić information content (AvgIpc) is 2.78. The lowest BCUT2D eigenvalue weighted by Crippen LogP contribution is -2.70. The Morgan fingerprint density at radius 1 is 1.13 bits per heavy atom. The molecule has 0 aliphatic carbocycles. The van der Waals surface area contributed by atoms with Gasteiger partial charge in [-0.05, 0) is 57.9 Å². The Labute approximate surface area is 191 Å². The molecule has 0 radical (unpaired) electrons. The van der Waals surface area contributed by atoms with Crippen LogP contribution < -0.4 is 5.32 Å². The SMILES string of the molecule is CCCCCCC(=O)N[C@@H]1C[C@](C)(CC)N(O[C@H](C)c2ccccc2)[C@@](C)(CC)[C@H]1C. The molecule has 4 nitrogen and oxygen atoms in total. The summed E-state index contributed by atoms with van der Waals surface area (Å²) in [5.74, 6) is 0.497. The minimum atomic E-state index is -0.161. The maximum absolute atomic E-state index is 12.7. The maximum Gasteiger partial charge on any atom is 0.220 e. The van der Waals surface area contributed by atoms with Crippen LogP contribution in [0.2, 0.25) is 0 Å². The van der Waals surface area contributed by atoms with Gasteiger partial charge in [-0.3, -0.25) is 9.63 Å². The second-order valence-electron chi connectivity index (χ2n) is 9.99. The molecule has 1 aromatic rings.